The van der Waals surface area contributed by atoms with E-state index in [1.54, 1.807) is 19.3 Å². The molecule has 3 N–H and O–H groups in total. The van der Waals surface area contributed by atoms with Crippen LogP contribution in [0.25, 0.3) is 0 Å². The number of carbonyl (C=O) groups excluding carboxylic acids is 2. The zero-order valence-corrected chi connectivity index (χ0v) is 12.9. The van der Waals surface area contributed by atoms with Gasteiger partial charge < -0.3 is 14.8 Å². The van der Waals surface area contributed by atoms with Gasteiger partial charge >= 0.3 is 5.97 Å². The van der Waals surface area contributed by atoms with E-state index in [1.807, 2.05) is 0 Å². The van der Waals surface area contributed by atoms with Crippen molar-refractivity contribution in [3.05, 3.63) is 12.3 Å². The Balaban J connectivity index is 2.19. The van der Waals surface area contributed by atoms with E-state index in [4.69, 9.17) is 15.2 Å². The van der Waals surface area contributed by atoms with Crippen LogP contribution in [0.2, 0.25) is 0 Å². The van der Waals surface area contributed by atoms with Crippen LogP contribution in [0.1, 0.15) is 46.0 Å². The highest BCUT2D eigenvalue weighted by molar-refractivity contribution is 5.89. The first kappa shape index (κ1) is 17.5. The summed E-state index contributed by atoms with van der Waals surface area (Å²) in [5.41, 5.74) is 4.50. The summed E-state index contributed by atoms with van der Waals surface area (Å²) >= 11 is 0. The lowest BCUT2D eigenvalue weighted by atomic mass is 9.98. The number of amides is 1. The Morgan fingerprint density at radius 3 is 2.95 bits per heavy atom. The molecule has 0 aromatic rings. The van der Waals surface area contributed by atoms with E-state index in [2.05, 4.69) is 12.2 Å². The number of hydrogen-bond acceptors (Lipinski definition) is 5. The molecule has 0 aromatic heterocycles. The molecule has 0 spiro atoms. The van der Waals surface area contributed by atoms with Crippen molar-refractivity contribution in [2.45, 2.75) is 51.6 Å². The Labute approximate surface area is 126 Å². The van der Waals surface area contributed by atoms with Gasteiger partial charge in [-0.3, -0.25) is 10.5 Å². The molecule has 1 fully saturated rings. The predicted molar refractivity (Wildman–Crippen MR) is 79.0 cm³/mol. The zero-order chi connectivity index (χ0) is 15.7. The van der Waals surface area contributed by atoms with Crippen LogP contribution in [0.5, 0.6) is 0 Å². The molecule has 1 heterocycles. The Bertz CT molecular complexity index is 384. The molecule has 1 amide bonds. The van der Waals surface area contributed by atoms with Crippen LogP contribution in [-0.2, 0) is 19.1 Å². The molecular formula is C15H26N2O4. The Kier molecular flexibility index (Phi) is 7.22. The first-order valence-electron chi connectivity index (χ1n) is 7.54. The summed E-state index contributed by atoms with van der Waals surface area (Å²) in [6, 6.07) is 0. The first-order valence-corrected chi connectivity index (χ1v) is 7.54. The fourth-order valence-corrected chi connectivity index (χ4v) is 1.97. The van der Waals surface area contributed by atoms with Gasteiger partial charge in [0.15, 0.2) is 5.66 Å². The Morgan fingerprint density at radius 1 is 1.57 bits per heavy atom. The smallest absolute Gasteiger partial charge is 0.347 e. The van der Waals surface area contributed by atoms with Gasteiger partial charge in [0, 0.05) is 12.3 Å². The molecule has 0 saturated carbocycles. The first-order chi connectivity index (χ1) is 10.0. The number of esters is 1. The summed E-state index contributed by atoms with van der Waals surface area (Å²) in [6.07, 6.45) is 7.57. The number of nitrogens with one attached hydrogen (secondary N) is 1. The number of rotatable bonds is 9. The highest BCUT2D eigenvalue weighted by Gasteiger charge is 2.48. The number of nitrogens with two attached hydrogens (primary N) is 1. The third-order valence-electron chi connectivity index (χ3n) is 3.52. The van der Waals surface area contributed by atoms with Crippen molar-refractivity contribution < 1.29 is 19.1 Å². The summed E-state index contributed by atoms with van der Waals surface area (Å²) in [6.45, 7) is 4.85. The highest BCUT2D eigenvalue weighted by atomic mass is 16.5. The lowest BCUT2D eigenvalue weighted by Gasteiger charge is -2.25. The molecule has 1 saturated heterocycles. The number of ether oxygens (including phenoxy) is 2. The molecular weight excluding hydrogens is 272 g/mol. The SMILES string of the molecule is CCCCCOC=CCCC(=O)N[C@]1(N)C(=O)OC[C@H]1C. The van der Waals surface area contributed by atoms with Crippen LogP contribution in [-0.4, -0.2) is 30.8 Å². The topological polar surface area (TPSA) is 90.6 Å². The summed E-state index contributed by atoms with van der Waals surface area (Å²) in [5.74, 6) is -1.07. The van der Waals surface area contributed by atoms with E-state index in [0.29, 0.717) is 13.0 Å². The lowest BCUT2D eigenvalue weighted by Crippen LogP contribution is -2.62. The zero-order valence-electron chi connectivity index (χ0n) is 12.9. The fourth-order valence-electron chi connectivity index (χ4n) is 1.97. The molecule has 2 atom stereocenters. The van der Waals surface area contributed by atoms with E-state index in [1.165, 1.54) is 0 Å². The van der Waals surface area contributed by atoms with Gasteiger partial charge in [0.05, 0.1) is 19.5 Å². The largest absolute Gasteiger partial charge is 0.502 e. The standard InChI is InChI=1S/C15H26N2O4/c1-3-4-6-9-20-10-7-5-8-13(18)17-15(16)12(2)11-21-14(15)19/h7,10,12H,3-6,8-9,11,16H2,1-2H3,(H,17,18)/t12-,15+/m1/s1. The molecule has 1 rings (SSSR count). The quantitative estimate of drug-likeness (QED) is 0.291. The predicted octanol–water partition coefficient (Wildman–Crippen LogP) is 1.45. The van der Waals surface area contributed by atoms with Crippen LogP contribution < -0.4 is 11.1 Å². The molecule has 6 heteroatoms. The summed E-state index contributed by atoms with van der Waals surface area (Å²) in [7, 11) is 0. The van der Waals surface area contributed by atoms with Gasteiger partial charge in [0.1, 0.15) is 0 Å². The van der Waals surface area contributed by atoms with Gasteiger partial charge in [-0.1, -0.05) is 26.7 Å². The minimum Gasteiger partial charge on any atom is -0.502 e. The summed E-state index contributed by atoms with van der Waals surface area (Å²) in [4.78, 5) is 23.3. The molecule has 0 radical (unpaired) electrons. The van der Waals surface area contributed by atoms with E-state index < -0.39 is 11.6 Å². The average molecular weight is 298 g/mol. The highest BCUT2D eigenvalue weighted by Crippen LogP contribution is 2.21. The second-order valence-corrected chi connectivity index (χ2v) is 5.41. The fraction of sp³-hybridized carbons (Fsp3) is 0.733. The maximum absolute atomic E-state index is 11.8. The maximum atomic E-state index is 11.8. The molecule has 0 aliphatic carbocycles. The number of allylic oxidation sites excluding steroid dienone is 1. The minimum atomic E-state index is -1.39. The van der Waals surface area contributed by atoms with Crippen molar-refractivity contribution in [2.24, 2.45) is 11.7 Å². The summed E-state index contributed by atoms with van der Waals surface area (Å²) < 4.78 is 10.2. The number of unbranched alkanes of at least 4 members (excludes halogenated alkanes) is 2. The maximum Gasteiger partial charge on any atom is 0.347 e. The monoisotopic (exact) mass is 298 g/mol. The third-order valence-corrected chi connectivity index (χ3v) is 3.52. The molecule has 120 valence electrons. The second-order valence-electron chi connectivity index (χ2n) is 5.41. The van der Waals surface area contributed by atoms with Crippen molar-refractivity contribution >= 4 is 11.9 Å². The molecule has 0 unspecified atom stereocenters. The normalized spacial score (nSPS) is 25.1. The van der Waals surface area contributed by atoms with Crippen molar-refractivity contribution in [1.29, 1.82) is 0 Å². The molecule has 21 heavy (non-hydrogen) atoms. The lowest BCUT2D eigenvalue weighted by molar-refractivity contribution is -0.145. The third kappa shape index (κ3) is 5.38. The Hall–Kier alpha value is -1.56. The van der Waals surface area contributed by atoms with Gasteiger partial charge in [-0.25, -0.2) is 4.79 Å². The molecule has 6 nitrogen and oxygen atoms in total. The molecule has 0 bridgehead atoms. The van der Waals surface area contributed by atoms with Gasteiger partial charge in [-0.05, 0) is 18.9 Å². The van der Waals surface area contributed by atoms with E-state index >= 15 is 0 Å². The van der Waals surface area contributed by atoms with Crippen molar-refractivity contribution in [1.82, 2.24) is 5.32 Å². The Morgan fingerprint density at radius 2 is 2.33 bits per heavy atom. The summed E-state index contributed by atoms with van der Waals surface area (Å²) in [5, 5.41) is 2.56. The number of cyclic esters (lactones) is 1. The van der Waals surface area contributed by atoms with E-state index in [0.717, 1.165) is 19.3 Å². The van der Waals surface area contributed by atoms with E-state index in [9.17, 15) is 9.59 Å². The van der Waals surface area contributed by atoms with Crippen LogP contribution >= 0.6 is 0 Å². The van der Waals surface area contributed by atoms with Crippen LogP contribution in [0, 0.1) is 5.92 Å². The van der Waals surface area contributed by atoms with Crippen LogP contribution in [0.4, 0.5) is 0 Å². The minimum absolute atomic E-state index is 0.230. The molecule has 1 aliphatic heterocycles. The van der Waals surface area contributed by atoms with Crippen molar-refractivity contribution in [3.63, 3.8) is 0 Å². The van der Waals surface area contributed by atoms with E-state index in [-0.39, 0.29) is 24.9 Å². The van der Waals surface area contributed by atoms with Crippen LogP contribution in [0.3, 0.4) is 0 Å². The molecule has 1 aliphatic rings. The number of hydrogen-bond donors (Lipinski definition) is 2. The number of carbonyl (C=O) groups is 2. The second kappa shape index (κ2) is 8.67. The average Bonchev–Trinajstić information content (AvgIpc) is 2.69. The molecule has 0 aromatic carbocycles. The van der Waals surface area contributed by atoms with Crippen molar-refractivity contribution in [2.75, 3.05) is 13.2 Å². The van der Waals surface area contributed by atoms with Crippen LogP contribution in [0.15, 0.2) is 12.3 Å². The van der Waals surface area contributed by atoms with Gasteiger partial charge in [-0.15, -0.1) is 0 Å². The van der Waals surface area contributed by atoms with Gasteiger partial charge in [-0.2, -0.15) is 0 Å². The van der Waals surface area contributed by atoms with Gasteiger partial charge in [0.2, 0.25) is 5.91 Å². The van der Waals surface area contributed by atoms with Crippen molar-refractivity contribution in [3.8, 4) is 0 Å². The van der Waals surface area contributed by atoms with Gasteiger partial charge in [0.25, 0.3) is 0 Å².